The van der Waals surface area contributed by atoms with E-state index in [1.807, 2.05) is 36.3 Å². The molecule has 6 heteroatoms. The molecule has 5 nitrogen and oxygen atoms in total. The molecule has 0 radical (unpaired) electrons. The highest BCUT2D eigenvalue weighted by atomic mass is 32.1. The minimum atomic E-state index is 0.152. The first-order valence-corrected chi connectivity index (χ1v) is 9.63. The molecule has 25 heavy (non-hydrogen) atoms. The number of carbonyl (C=O) groups excluding carboxylic acids is 2. The molecule has 1 aliphatic heterocycles. The molecule has 1 saturated heterocycles. The molecule has 1 aliphatic rings. The molecule has 0 aliphatic carbocycles. The Morgan fingerprint density at radius 2 is 1.96 bits per heavy atom. The number of hydrogen-bond donors (Lipinski definition) is 1. The fraction of sp³-hybridized carbons (Fsp3) is 0.474. The van der Waals surface area contributed by atoms with E-state index in [4.69, 9.17) is 0 Å². The van der Waals surface area contributed by atoms with Crippen LogP contribution in [-0.2, 0) is 11.2 Å². The van der Waals surface area contributed by atoms with Crippen molar-refractivity contribution in [3.63, 3.8) is 0 Å². The second kappa shape index (κ2) is 7.97. The van der Waals surface area contributed by atoms with Gasteiger partial charge in [-0.15, -0.1) is 11.3 Å². The molecule has 2 aromatic rings. The first-order valence-electron chi connectivity index (χ1n) is 8.75. The third-order valence-corrected chi connectivity index (χ3v) is 5.64. The van der Waals surface area contributed by atoms with E-state index in [0.717, 1.165) is 36.5 Å². The molecular formula is C19H25N3O2S. The number of aromatic amines is 1. The van der Waals surface area contributed by atoms with Crippen molar-refractivity contribution in [2.24, 2.45) is 0 Å². The molecule has 0 atom stereocenters. The van der Waals surface area contributed by atoms with Gasteiger partial charge < -0.3 is 9.88 Å². The van der Waals surface area contributed by atoms with Crippen molar-refractivity contribution < 1.29 is 9.59 Å². The Hall–Kier alpha value is -1.92. The number of aryl methyl sites for hydroxylation is 3. The van der Waals surface area contributed by atoms with E-state index >= 15 is 0 Å². The number of ketones is 1. The third kappa shape index (κ3) is 4.58. The molecule has 1 fully saturated rings. The maximum absolute atomic E-state index is 12.5. The highest BCUT2D eigenvalue weighted by Crippen LogP contribution is 2.14. The predicted octanol–water partition coefficient (Wildman–Crippen LogP) is 2.65. The maximum atomic E-state index is 12.5. The third-order valence-electron chi connectivity index (χ3n) is 4.71. The fourth-order valence-corrected chi connectivity index (χ4v) is 4.01. The normalized spacial score (nSPS) is 15.5. The lowest BCUT2D eigenvalue weighted by atomic mass is 10.1. The molecule has 0 saturated carbocycles. The van der Waals surface area contributed by atoms with Gasteiger partial charge in [0.05, 0.1) is 6.54 Å². The van der Waals surface area contributed by atoms with E-state index < -0.39 is 0 Å². The topological polar surface area (TPSA) is 56.4 Å². The van der Waals surface area contributed by atoms with E-state index in [2.05, 4.69) is 16.0 Å². The first-order chi connectivity index (χ1) is 12.0. The van der Waals surface area contributed by atoms with Crippen LogP contribution in [-0.4, -0.2) is 59.2 Å². The Labute approximate surface area is 152 Å². The smallest absolute Gasteiger partial charge is 0.223 e. The number of carbonyl (C=O) groups is 2. The van der Waals surface area contributed by atoms with Gasteiger partial charge in [-0.3, -0.25) is 14.5 Å². The number of Topliss-reactive ketones (excluding diaryl/α,β-unsaturated/α-hetero) is 1. The van der Waals surface area contributed by atoms with Crippen LogP contribution in [0, 0.1) is 13.8 Å². The van der Waals surface area contributed by atoms with Gasteiger partial charge in [-0.2, -0.15) is 0 Å². The highest BCUT2D eigenvalue weighted by Gasteiger charge is 2.23. The Bertz CT molecular complexity index is 728. The van der Waals surface area contributed by atoms with Crippen LogP contribution in [0.1, 0.15) is 33.0 Å². The van der Waals surface area contributed by atoms with Crippen LogP contribution in [0.4, 0.5) is 0 Å². The van der Waals surface area contributed by atoms with Gasteiger partial charge in [-0.05, 0) is 37.8 Å². The summed E-state index contributed by atoms with van der Waals surface area (Å²) in [6.07, 6.45) is 1.39. The van der Waals surface area contributed by atoms with E-state index in [-0.39, 0.29) is 11.7 Å². The number of thiophene rings is 1. The summed E-state index contributed by atoms with van der Waals surface area (Å²) < 4.78 is 0. The van der Waals surface area contributed by atoms with Crippen molar-refractivity contribution in [2.75, 3.05) is 32.7 Å². The highest BCUT2D eigenvalue weighted by molar-refractivity contribution is 7.09. The number of hydrogen-bond acceptors (Lipinski definition) is 4. The summed E-state index contributed by atoms with van der Waals surface area (Å²) in [6, 6.07) is 6.02. The quantitative estimate of drug-likeness (QED) is 0.807. The zero-order valence-corrected chi connectivity index (χ0v) is 15.7. The Morgan fingerprint density at radius 3 is 2.56 bits per heavy atom. The summed E-state index contributed by atoms with van der Waals surface area (Å²) in [4.78, 5) is 33.3. The Kier molecular flexibility index (Phi) is 5.71. The van der Waals surface area contributed by atoms with Crippen LogP contribution in [0.5, 0.6) is 0 Å². The summed E-state index contributed by atoms with van der Waals surface area (Å²) >= 11 is 1.70. The van der Waals surface area contributed by atoms with Crippen molar-refractivity contribution in [1.29, 1.82) is 0 Å². The van der Waals surface area contributed by atoms with Crippen LogP contribution in [0.15, 0.2) is 23.6 Å². The molecule has 0 aromatic carbocycles. The number of rotatable bonds is 6. The monoisotopic (exact) mass is 359 g/mol. The molecular weight excluding hydrogens is 334 g/mol. The minimum Gasteiger partial charge on any atom is -0.362 e. The van der Waals surface area contributed by atoms with Crippen LogP contribution in [0.2, 0.25) is 0 Å². The Morgan fingerprint density at radius 1 is 1.20 bits per heavy atom. The van der Waals surface area contributed by atoms with Crippen molar-refractivity contribution in [1.82, 2.24) is 14.8 Å². The molecule has 0 spiro atoms. The molecule has 2 aromatic heterocycles. The molecule has 1 amide bonds. The van der Waals surface area contributed by atoms with Crippen molar-refractivity contribution in [3.05, 3.63) is 45.4 Å². The second-order valence-electron chi connectivity index (χ2n) is 6.65. The number of H-pyrrole nitrogens is 1. The maximum Gasteiger partial charge on any atom is 0.223 e. The largest absolute Gasteiger partial charge is 0.362 e. The van der Waals surface area contributed by atoms with Crippen molar-refractivity contribution in [2.45, 2.75) is 26.7 Å². The molecule has 0 unspecified atom stereocenters. The van der Waals surface area contributed by atoms with Gasteiger partial charge in [0.1, 0.15) is 0 Å². The van der Waals surface area contributed by atoms with E-state index in [1.165, 1.54) is 4.88 Å². The summed E-state index contributed by atoms with van der Waals surface area (Å²) in [5, 5.41) is 2.04. The van der Waals surface area contributed by atoms with Gasteiger partial charge in [0.25, 0.3) is 0 Å². The van der Waals surface area contributed by atoms with Crippen LogP contribution < -0.4 is 0 Å². The van der Waals surface area contributed by atoms with Crippen LogP contribution in [0.25, 0.3) is 0 Å². The lowest BCUT2D eigenvalue weighted by molar-refractivity contribution is -0.132. The minimum absolute atomic E-state index is 0.152. The molecule has 3 heterocycles. The first kappa shape index (κ1) is 17.9. The molecule has 134 valence electrons. The molecule has 1 N–H and O–H groups in total. The van der Waals surface area contributed by atoms with Gasteiger partial charge in [-0.25, -0.2) is 0 Å². The fourth-order valence-electron chi connectivity index (χ4n) is 3.30. The number of aromatic nitrogens is 1. The average Bonchev–Trinajstić information content (AvgIpc) is 3.22. The van der Waals surface area contributed by atoms with Crippen molar-refractivity contribution >= 4 is 23.0 Å². The zero-order valence-electron chi connectivity index (χ0n) is 14.9. The standard InChI is InChI=1S/C19H25N3O2S/c1-14-12-17(15(2)20-14)18(23)13-21-7-9-22(10-8-21)19(24)6-5-16-4-3-11-25-16/h3-4,11-12,20H,5-10,13H2,1-2H3. The molecule has 3 rings (SSSR count). The van der Waals surface area contributed by atoms with E-state index in [9.17, 15) is 9.59 Å². The number of amides is 1. The molecule has 0 bridgehead atoms. The van der Waals surface area contributed by atoms with Gasteiger partial charge >= 0.3 is 0 Å². The van der Waals surface area contributed by atoms with Gasteiger partial charge in [0.15, 0.2) is 5.78 Å². The van der Waals surface area contributed by atoms with Crippen molar-refractivity contribution in [3.8, 4) is 0 Å². The SMILES string of the molecule is Cc1cc(C(=O)CN2CCN(C(=O)CCc3cccs3)CC2)c(C)[nH]1. The lowest BCUT2D eigenvalue weighted by Crippen LogP contribution is -2.50. The van der Waals surface area contributed by atoms with Crippen LogP contribution in [0.3, 0.4) is 0 Å². The van der Waals surface area contributed by atoms with Gasteiger partial charge in [-0.1, -0.05) is 6.07 Å². The summed E-state index contributed by atoms with van der Waals surface area (Å²) in [6.45, 7) is 7.27. The average molecular weight is 359 g/mol. The summed E-state index contributed by atoms with van der Waals surface area (Å²) in [5.74, 6) is 0.371. The number of piperazine rings is 1. The Balaban J connectivity index is 1.44. The number of nitrogens with one attached hydrogen (secondary N) is 1. The lowest BCUT2D eigenvalue weighted by Gasteiger charge is -2.34. The van der Waals surface area contributed by atoms with Crippen LogP contribution >= 0.6 is 11.3 Å². The summed E-state index contributed by atoms with van der Waals surface area (Å²) in [5.41, 5.74) is 2.74. The van der Waals surface area contributed by atoms with Gasteiger partial charge in [0, 0.05) is 54.4 Å². The van der Waals surface area contributed by atoms with Gasteiger partial charge in [0.2, 0.25) is 5.91 Å². The second-order valence-corrected chi connectivity index (χ2v) is 7.68. The van der Waals surface area contributed by atoms with E-state index in [0.29, 0.717) is 26.1 Å². The van der Waals surface area contributed by atoms with E-state index in [1.54, 1.807) is 11.3 Å². The zero-order chi connectivity index (χ0) is 17.8. The number of nitrogens with zero attached hydrogens (tertiary/aromatic N) is 2. The summed E-state index contributed by atoms with van der Waals surface area (Å²) in [7, 11) is 0. The predicted molar refractivity (Wildman–Crippen MR) is 100 cm³/mol.